The largest absolute Gasteiger partial charge is 0.508 e. The Balaban J connectivity index is 2.20. The summed E-state index contributed by atoms with van der Waals surface area (Å²) < 4.78 is 0. The molecule has 0 saturated carbocycles. The molecule has 2 aromatic carbocycles. The lowest BCUT2D eigenvalue weighted by Crippen LogP contribution is -1.89. The van der Waals surface area contributed by atoms with Gasteiger partial charge in [-0.3, -0.25) is 0 Å². The number of rotatable bonds is 1. The van der Waals surface area contributed by atoms with Crippen molar-refractivity contribution in [3.8, 4) is 17.0 Å². The van der Waals surface area contributed by atoms with Crippen LogP contribution >= 0.6 is 0 Å². The highest BCUT2D eigenvalue weighted by Gasteiger charge is 2.05. The van der Waals surface area contributed by atoms with Crippen molar-refractivity contribution < 1.29 is 5.11 Å². The topological polar surface area (TPSA) is 33.1 Å². The van der Waals surface area contributed by atoms with E-state index in [2.05, 4.69) is 37.0 Å². The van der Waals surface area contributed by atoms with Crippen molar-refractivity contribution in [1.82, 2.24) is 4.98 Å². The van der Waals surface area contributed by atoms with Crippen LogP contribution in [0.25, 0.3) is 22.2 Å². The zero-order chi connectivity index (χ0) is 13.4. The van der Waals surface area contributed by atoms with Gasteiger partial charge in [0.25, 0.3) is 0 Å². The maximum absolute atomic E-state index is 9.47. The molecule has 0 aliphatic heterocycles. The van der Waals surface area contributed by atoms with Gasteiger partial charge in [0.15, 0.2) is 0 Å². The minimum absolute atomic E-state index is 0.272. The second-order valence-corrected chi connectivity index (χ2v) is 4.89. The normalized spacial score (nSPS) is 10.8. The van der Waals surface area contributed by atoms with E-state index < -0.39 is 0 Å². The smallest absolute Gasteiger partial charge is 0.116 e. The molecule has 19 heavy (non-hydrogen) atoms. The molecule has 1 aromatic heterocycles. The van der Waals surface area contributed by atoms with Crippen molar-refractivity contribution in [2.24, 2.45) is 0 Å². The lowest BCUT2D eigenvalue weighted by atomic mass is 10.0. The molecule has 3 aromatic rings. The summed E-state index contributed by atoms with van der Waals surface area (Å²) in [5.74, 6) is 0.272. The molecule has 0 fully saturated rings. The van der Waals surface area contributed by atoms with Crippen LogP contribution in [-0.2, 0) is 0 Å². The summed E-state index contributed by atoms with van der Waals surface area (Å²) >= 11 is 0. The fourth-order valence-corrected chi connectivity index (χ4v) is 2.27. The molecule has 0 radical (unpaired) electrons. The molecule has 0 spiro atoms. The Morgan fingerprint density at radius 2 is 1.74 bits per heavy atom. The van der Waals surface area contributed by atoms with Gasteiger partial charge < -0.3 is 5.11 Å². The summed E-state index contributed by atoms with van der Waals surface area (Å²) in [6, 6.07) is 15.6. The van der Waals surface area contributed by atoms with Crippen molar-refractivity contribution in [2.75, 3.05) is 0 Å². The van der Waals surface area contributed by atoms with Gasteiger partial charge in [0.1, 0.15) is 5.75 Å². The van der Waals surface area contributed by atoms with Crippen LogP contribution in [-0.4, -0.2) is 10.1 Å². The molecule has 1 N–H and O–H groups in total. The lowest BCUT2D eigenvalue weighted by Gasteiger charge is -2.08. The van der Waals surface area contributed by atoms with Crippen molar-refractivity contribution in [3.05, 3.63) is 59.7 Å². The van der Waals surface area contributed by atoms with Crippen molar-refractivity contribution in [1.29, 1.82) is 0 Å². The number of hydrogen-bond acceptors (Lipinski definition) is 2. The van der Waals surface area contributed by atoms with E-state index in [1.54, 1.807) is 12.1 Å². The van der Waals surface area contributed by atoms with Gasteiger partial charge in [0, 0.05) is 10.9 Å². The number of aromatic nitrogens is 1. The molecular weight excluding hydrogens is 234 g/mol. The first-order valence-electron chi connectivity index (χ1n) is 6.31. The van der Waals surface area contributed by atoms with E-state index in [9.17, 15) is 5.11 Å². The number of aryl methyl sites for hydroxylation is 2. The fraction of sp³-hybridized carbons (Fsp3) is 0.118. The molecule has 0 bridgehead atoms. The highest BCUT2D eigenvalue weighted by molar-refractivity contribution is 5.83. The predicted octanol–water partition coefficient (Wildman–Crippen LogP) is 4.22. The molecule has 94 valence electrons. The van der Waals surface area contributed by atoms with E-state index in [1.807, 2.05) is 18.2 Å². The number of nitrogens with zero attached hydrogens (tertiary/aromatic N) is 1. The van der Waals surface area contributed by atoms with Crippen molar-refractivity contribution in [2.45, 2.75) is 13.8 Å². The van der Waals surface area contributed by atoms with Gasteiger partial charge in [-0.15, -0.1) is 0 Å². The van der Waals surface area contributed by atoms with Gasteiger partial charge in [0.2, 0.25) is 0 Å². The Labute approximate surface area is 112 Å². The van der Waals surface area contributed by atoms with Crippen molar-refractivity contribution in [3.63, 3.8) is 0 Å². The number of aromatic hydroxyl groups is 1. The zero-order valence-electron chi connectivity index (χ0n) is 11.0. The van der Waals surface area contributed by atoms with Gasteiger partial charge in [0.05, 0.1) is 11.2 Å². The first-order valence-corrected chi connectivity index (χ1v) is 6.31. The third-order valence-electron chi connectivity index (χ3n) is 3.34. The molecular formula is C17H15NO. The second kappa shape index (κ2) is 4.39. The molecule has 0 saturated heterocycles. The second-order valence-electron chi connectivity index (χ2n) is 4.89. The summed E-state index contributed by atoms with van der Waals surface area (Å²) in [5.41, 5.74) is 5.48. The quantitative estimate of drug-likeness (QED) is 0.700. The number of pyridine rings is 1. The average Bonchev–Trinajstić information content (AvgIpc) is 2.41. The fourth-order valence-electron chi connectivity index (χ4n) is 2.27. The minimum atomic E-state index is 0.272. The maximum Gasteiger partial charge on any atom is 0.116 e. The summed E-state index contributed by atoms with van der Waals surface area (Å²) in [6.45, 7) is 4.18. The molecule has 0 aliphatic carbocycles. The standard InChI is InChI=1S/C17H15NO/c1-11-3-4-12(2)15(9-11)17-7-5-13-10-14(19)6-8-16(13)18-17/h3-10,19H,1-2H3. The Hall–Kier alpha value is -2.35. The minimum Gasteiger partial charge on any atom is -0.508 e. The van der Waals surface area contributed by atoms with E-state index >= 15 is 0 Å². The Kier molecular flexibility index (Phi) is 2.71. The third-order valence-corrected chi connectivity index (χ3v) is 3.34. The van der Waals surface area contributed by atoms with Crippen LogP contribution in [0.3, 0.4) is 0 Å². The molecule has 0 unspecified atom stereocenters. The van der Waals surface area contributed by atoms with Crippen LogP contribution in [0.15, 0.2) is 48.5 Å². The Bertz CT molecular complexity index is 762. The van der Waals surface area contributed by atoms with E-state index in [0.717, 1.165) is 22.2 Å². The zero-order valence-corrected chi connectivity index (χ0v) is 11.0. The molecule has 1 heterocycles. The van der Waals surface area contributed by atoms with Gasteiger partial charge in [-0.2, -0.15) is 0 Å². The van der Waals surface area contributed by atoms with Gasteiger partial charge in [-0.1, -0.05) is 23.8 Å². The maximum atomic E-state index is 9.47. The van der Waals surface area contributed by atoms with Gasteiger partial charge >= 0.3 is 0 Å². The number of phenolic OH excluding ortho intramolecular Hbond substituents is 1. The predicted molar refractivity (Wildman–Crippen MR) is 78.3 cm³/mol. The van der Waals surface area contributed by atoms with E-state index in [4.69, 9.17) is 0 Å². The van der Waals surface area contributed by atoms with Crippen molar-refractivity contribution >= 4 is 10.9 Å². The summed E-state index contributed by atoms with van der Waals surface area (Å²) in [6.07, 6.45) is 0. The van der Waals surface area contributed by atoms with Gasteiger partial charge in [-0.05, 0) is 49.7 Å². The van der Waals surface area contributed by atoms with E-state index in [1.165, 1.54) is 11.1 Å². The van der Waals surface area contributed by atoms with E-state index in [-0.39, 0.29) is 5.75 Å². The summed E-state index contributed by atoms with van der Waals surface area (Å²) in [4.78, 5) is 4.68. The molecule has 0 aliphatic rings. The van der Waals surface area contributed by atoms with Crippen LogP contribution < -0.4 is 0 Å². The first-order chi connectivity index (χ1) is 9.13. The first kappa shape index (κ1) is 11.7. The third kappa shape index (κ3) is 2.17. The summed E-state index contributed by atoms with van der Waals surface area (Å²) in [7, 11) is 0. The van der Waals surface area contributed by atoms with Crippen LogP contribution in [0, 0.1) is 13.8 Å². The van der Waals surface area contributed by atoms with Crippen LogP contribution in [0.1, 0.15) is 11.1 Å². The summed E-state index contributed by atoms with van der Waals surface area (Å²) in [5, 5.41) is 10.4. The number of hydrogen-bond donors (Lipinski definition) is 1. The highest BCUT2D eigenvalue weighted by atomic mass is 16.3. The Morgan fingerprint density at radius 3 is 2.58 bits per heavy atom. The monoisotopic (exact) mass is 249 g/mol. The molecule has 2 heteroatoms. The van der Waals surface area contributed by atoms with E-state index in [0.29, 0.717) is 0 Å². The molecule has 0 atom stereocenters. The van der Waals surface area contributed by atoms with Crippen LogP contribution in [0.4, 0.5) is 0 Å². The van der Waals surface area contributed by atoms with Crippen LogP contribution in [0.2, 0.25) is 0 Å². The SMILES string of the molecule is Cc1ccc(C)c(-c2ccc3cc(O)ccc3n2)c1. The number of fused-ring (bicyclic) bond motifs is 1. The average molecular weight is 249 g/mol. The molecule has 2 nitrogen and oxygen atoms in total. The molecule has 3 rings (SSSR count). The highest BCUT2D eigenvalue weighted by Crippen LogP contribution is 2.26. The molecule has 0 amide bonds. The van der Waals surface area contributed by atoms with Gasteiger partial charge in [-0.25, -0.2) is 4.98 Å². The van der Waals surface area contributed by atoms with Crippen LogP contribution in [0.5, 0.6) is 5.75 Å². The number of phenols is 1. The lowest BCUT2D eigenvalue weighted by molar-refractivity contribution is 0.476. The Morgan fingerprint density at radius 1 is 0.895 bits per heavy atom. The number of benzene rings is 2.